The van der Waals surface area contributed by atoms with Crippen LogP contribution < -0.4 is 11.1 Å². The van der Waals surface area contributed by atoms with Crippen molar-refractivity contribution in [3.63, 3.8) is 0 Å². The van der Waals surface area contributed by atoms with Gasteiger partial charge in [-0.2, -0.15) is 0 Å². The molecule has 1 rings (SSSR count). The maximum Gasteiger partial charge on any atom is 0.0574 e. The largest absolute Gasteiger partial charge is 0.397 e. The Morgan fingerprint density at radius 3 is 2.53 bits per heavy atom. The van der Waals surface area contributed by atoms with Crippen LogP contribution in [0, 0.1) is 5.41 Å². The molecule has 0 aliphatic carbocycles. The first-order valence-electron chi connectivity index (χ1n) is 5.63. The van der Waals surface area contributed by atoms with Crippen molar-refractivity contribution in [1.29, 1.82) is 0 Å². The fourth-order valence-corrected chi connectivity index (χ4v) is 1.76. The van der Waals surface area contributed by atoms with Crippen LogP contribution in [0.4, 0.5) is 11.4 Å². The number of hydrogen-bond donors (Lipinski definition) is 2. The number of para-hydroxylation sites is 2. The normalized spacial score (nSPS) is 11.4. The van der Waals surface area contributed by atoms with Crippen molar-refractivity contribution in [2.75, 3.05) is 17.6 Å². The number of nitrogens with one attached hydrogen (secondary N) is 1. The molecule has 3 N–H and O–H groups in total. The van der Waals surface area contributed by atoms with Gasteiger partial charge in [-0.05, 0) is 24.0 Å². The standard InChI is InChI=1S/C13H22N2/c1-4-9-13(2,3)10-15-12-8-6-5-7-11(12)14/h5-8,15H,4,9-10,14H2,1-3H3. The predicted molar refractivity (Wildman–Crippen MR) is 68.0 cm³/mol. The molecular weight excluding hydrogens is 184 g/mol. The van der Waals surface area contributed by atoms with Crippen molar-refractivity contribution in [3.8, 4) is 0 Å². The summed E-state index contributed by atoms with van der Waals surface area (Å²) in [6.45, 7) is 7.75. The van der Waals surface area contributed by atoms with E-state index in [1.54, 1.807) is 0 Å². The van der Waals surface area contributed by atoms with E-state index in [0.29, 0.717) is 5.41 Å². The number of nitrogens with two attached hydrogens (primary N) is 1. The zero-order chi connectivity index (χ0) is 11.3. The van der Waals surface area contributed by atoms with Crippen molar-refractivity contribution < 1.29 is 0 Å². The minimum Gasteiger partial charge on any atom is -0.397 e. The SMILES string of the molecule is CCCC(C)(C)CNc1ccccc1N. The Morgan fingerprint density at radius 1 is 1.27 bits per heavy atom. The van der Waals surface area contributed by atoms with Crippen LogP contribution in [0.3, 0.4) is 0 Å². The van der Waals surface area contributed by atoms with E-state index in [1.165, 1.54) is 12.8 Å². The maximum atomic E-state index is 5.86. The van der Waals surface area contributed by atoms with Gasteiger partial charge < -0.3 is 11.1 Å². The molecule has 0 spiro atoms. The molecular formula is C13H22N2. The van der Waals surface area contributed by atoms with Gasteiger partial charge in [-0.3, -0.25) is 0 Å². The van der Waals surface area contributed by atoms with Crippen molar-refractivity contribution >= 4 is 11.4 Å². The summed E-state index contributed by atoms with van der Waals surface area (Å²) in [5, 5.41) is 3.41. The average molecular weight is 206 g/mol. The van der Waals surface area contributed by atoms with Gasteiger partial charge in [-0.1, -0.05) is 39.3 Å². The molecule has 1 aromatic carbocycles. The van der Waals surface area contributed by atoms with Crippen LogP contribution in [-0.2, 0) is 0 Å². The molecule has 0 fully saturated rings. The molecule has 15 heavy (non-hydrogen) atoms. The van der Waals surface area contributed by atoms with Crippen LogP contribution in [0.2, 0.25) is 0 Å². The highest BCUT2D eigenvalue weighted by Gasteiger charge is 2.16. The van der Waals surface area contributed by atoms with E-state index in [9.17, 15) is 0 Å². The molecule has 0 bridgehead atoms. The van der Waals surface area contributed by atoms with Gasteiger partial charge in [-0.25, -0.2) is 0 Å². The third-order valence-corrected chi connectivity index (χ3v) is 2.64. The second kappa shape index (κ2) is 5.06. The molecule has 84 valence electrons. The Balaban J connectivity index is 2.53. The first kappa shape index (κ1) is 11.9. The Hall–Kier alpha value is -1.18. The molecule has 0 amide bonds. The van der Waals surface area contributed by atoms with Gasteiger partial charge in [0.1, 0.15) is 0 Å². The number of anilines is 2. The van der Waals surface area contributed by atoms with Crippen LogP contribution in [-0.4, -0.2) is 6.54 Å². The molecule has 0 radical (unpaired) electrons. The second-order valence-corrected chi connectivity index (χ2v) is 4.86. The molecule has 0 saturated heterocycles. The lowest BCUT2D eigenvalue weighted by Crippen LogP contribution is -2.23. The third-order valence-electron chi connectivity index (χ3n) is 2.64. The lowest BCUT2D eigenvalue weighted by molar-refractivity contribution is 0.355. The molecule has 0 atom stereocenters. The van der Waals surface area contributed by atoms with Gasteiger partial charge >= 0.3 is 0 Å². The summed E-state index contributed by atoms with van der Waals surface area (Å²) in [6.07, 6.45) is 2.45. The molecule has 2 nitrogen and oxygen atoms in total. The van der Waals surface area contributed by atoms with Crippen LogP contribution in [0.5, 0.6) is 0 Å². The summed E-state index contributed by atoms with van der Waals surface area (Å²) < 4.78 is 0. The monoisotopic (exact) mass is 206 g/mol. The molecule has 0 aliphatic rings. The molecule has 0 heterocycles. The van der Waals surface area contributed by atoms with Crippen LogP contribution in [0.25, 0.3) is 0 Å². The average Bonchev–Trinajstić information content (AvgIpc) is 2.16. The van der Waals surface area contributed by atoms with E-state index >= 15 is 0 Å². The topological polar surface area (TPSA) is 38.0 Å². The van der Waals surface area contributed by atoms with Gasteiger partial charge in [-0.15, -0.1) is 0 Å². The van der Waals surface area contributed by atoms with Gasteiger partial charge in [0.15, 0.2) is 0 Å². The maximum absolute atomic E-state index is 5.86. The molecule has 2 heteroatoms. The van der Waals surface area contributed by atoms with Gasteiger partial charge in [0.05, 0.1) is 11.4 Å². The fourth-order valence-electron chi connectivity index (χ4n) is 1.76. The Labute approximate surface area is 92.9 Å². The quantitative estimate of drug-likeness (QED) is 0.723. The van der Waals surface area contributed by atoms with Crippen LogP contribution in [0.1, 0.15) is 33.6 Å². The Bertz CT molecular complexity index is 305. The van der Waals surface area contributed by atoms with Gasteiger partial charge in [0.2, 0.25) is 0 Å². The van der Waals surface area contributed by atoms with Crippen molar-refractivity contribution in [2.24, 2.45) is 5.41 Å². The predicted octanol–water partition coefficient (Wildman–Crippen LogP) is 3.51. The Kier molecular flexibility index (Phi) is 4.01. The van der Waals surface area contributed by atoms with Gasteiger partial charge in [0.25, 0.3) is 0 Å². The molecule has 0 unspecified atom stereocenters. The molecule has 1 aromatic rings. The molecule has 0 saturated carbocycles. The zero-order valence-electron chi connectivity index (χ0n) is 10.0. The highest BCUT2D eigenvalue weighted by atomic mass is 14.9. The Morgan fingerprint density at radius 2 is 1.93 bits per heavy atom. The van der Waals surface area contributed by atoms with Gasteiger partial charge in [0, 0.05) is 6.54 Å². The highest BCUT2D eigenvalue weighted by molar-refractivity contribution is 5.65. The number of benzene rings is 1. The van der Waals surface area contributed by atoms with Crippen molar-refractivity contribution in [1.82, 2.24) is 0 Å². The third kappa shape index (κ3) is 3.82. The minimum absolute atomic E-state index is 0.330. The zero-order valence-corrected chi connectivity index (χ0v) is 10.0. The summed E-state index contributed by atoms with van der Waals surface area (Å²) in [5.41, 5.74) is 8.06. The fraction of sp³-hybridized carbons (Fsp3) is 0.538. The van der Waals surface area contributed by atoms with E-state index < -0.39 is 0 Å². The lowest BCUT2D eigenvalue weighted by atomic mass is 9.88. The number of nitrogen functional groups attached to an aromatic ring is 1. The summed E-state index contributed by atoms with van der Waals surface area (Å²) >= 11 is 0. The van der Waals surface area contributed by atoms with Crippen molar-refractivity contribution in [3.05, 3.63) is 24.3 Å². The van der Waals surface area contributed by atoms with E-state index in [-0.39, 0.29) is 0 Å². The minimum atomic E-state index is 0.330. The van der Waals surface area contributed by atoms with E-state index in [4.69, 9.17) is 5.73 Å². The lowest BCUT2D eigenvalue weighted by Gasteiger charge is -2.25. The first-order valence-corrected chi connectivity index (χ1v) is 5.63. The first-order chi connectivity index (χ1) is 7.05. The van der Waals surface area contributed by atoms with E-state index in [1.807, 2.05) is 24.3 Å². The second-order valence-electron chi connectivity index (χ2n) is 4.86. The van der Waals surface area contributed by atoms with Crippen LogP contribution in [0.15, 0.2) is 24.3 Å². The highest BCUT2D eigenvalue weighted by Crippen LogP contribution is 2.24. The van der Waals surface area contributed by atoms with E-state index in [2.05, 4.69) is 26.1 Å². The molecule has 0 aromatic heterocycles. The summed E-state index contributed by atoms with van der Waals surface area (Å²) in [7, 11) is 0. The smallest absolute Gasteiger partial charge is 0.0574 e. The summed E-state index contributed by atoms with van der Waals surface area (Å²) in [6, 6.07) is 7.91. The molecule has 0 aliphatic heterocycles. The summed E-state index contributed by atoms with van der Waals surface area (Å²) in [4.78, 5) is 0. The summed E-state index contributed by atoms with van der Waals surface area (Å²) in [5.74, 6) is 0. The number of rotatable bonds is 5. The van der Waals surface area contributed by atoms with E-state index in [0.717, 1.165) is 17.9 Å². The van der Waals surface area contributed by atoms with Crippen molar-refractivity contribution in [2.45, 2.75) is 33.6 Å². The van der Waals surface area contributed by atoms with Crippen LogP contribution >= 0.6 is 0 Å². The number of hydrogen-bond acceptors (Lipinski definition) is 2.